The van der Waals surface area contributed by atoms with Crippen molar-refractivity contribution in [2.45, 2.75) is 31.7 Å². The van der Waals surface area contributed by atoms with Crippen molar-refractivity contribution in [3.8, 4) is 0 Å². The highest BCUT2D eigenvalue weighted by Crippen LogP contribution is 2.16. The van der Waals surface area contributed by atoms with Gasteiger partial charge in [0.15, 0.2) is 0 Å². The van der Waals surface area contributed by atoms with Crippen LogP contribution in [0.3, 0.4) is 0 Å². The van der Waals surface area contributed by atoms with E-state index in [1.165, 1.54) is 0 Å². The molecule has 0 radical (unpaired) electrons. The smallest absolute Gasteiger partial charge is 0.305 e. The number of unbranched alkanes of at least 4 members (excludes halogenated alkanes) is 1. The summed E-state index contributed by atoms with van der Waals surface area (Å²) in [6, 6.07) is 8.67. The average molecular weight is 279 g/mol. The van der Waals surface area contributed by atoms with Gasteiger partial charge in [-0.1, -0.05) is 30.3 Å². The zero-order chi connectivity index (χ0) is 14.8. The number of methoxy groups -OCH3 is 1. The molecule has 1 aromatic rings. The molecule has 0 saturated heterocycles. The maximum atomic E-state index is 11.8. The van der Waals surface area contributed by atoms with Crippen molar-refractivity contribution >= 4 is 11.9 Å². The number of rotatable bonds is 9. The van der Waals surface area contributed by atoms with Gasteiger partial charge in [-0.25, -0.2) is 0 Å². The van der Waals surface area contributed by atoms with E-state index in [2.05, 4.69) is 5.32 Å². The monoisotopic (exact) mass is 279 g/mol. The molecule has 0 aliphatic carbocycles. The van der Waals surface area contributed by atoms with E-state index in [0.29, 0.717) is 13.0 Å². The molecule has 0 bridgehead atoms. The molecule has 0 fully saturated rings. The Morgan fingerprint density at radius 3 is 2.55 bits per heavy atom. The lowest BCUT2D eigenvalue weighted by atomic mass is 10.0. The minimum absolute atomic E-state index is 0.117. The van der Waals surface area contributed by atoms with Crippen molar-refractivity contribution in [2.24, 2.45) is 0 Å². The molecule has 0 spiro atoms. The number of hydrogen-bond donors (Lipinski definition) is 2. The first-order chi connectivity index (χ1) is 9.63. The van der Waals surface area contributed by atoms with Gasteiger partial charge in [0, 0.05) is 20.1 Å². The zero-order valence-electron chi connectivity index (χ0n) is 11.7. The van der Waals surface area contributed by atoms with Crippen molar-refractivity contribution in [1.82, 2.24) is 5.32 Å². The highest BCUT2D eigenvalue weighted by Gasteiger charge is 2.17. The van der Waals surface area contributed by atoms with Crippen LogP contribution in [0.5, 0.6) is 0 Å². The summed E-state index contributed by atoms with van der Waals surface area (Å²) in [5.74, 6) is -1.06. The van der Waals surface area contributed by atoms with Crippen LogP contribution < -0.4 is 5.32 Å². The molecule has 5 nitrogen and oxygen atoms in total. The van der Waals surface area contributed by atoms with E-state index in [0.717, 1.165) is 18.4 Å². The minimum Gasteiger partial charge on any atom is -0.481 e. The van der Waals surface area contributed by atoms with Crippen LogP contribution in [0.1, 0.15) is 37.3 Å². The molecule has 0 aromatic heterocycles. The highest BCUT2D eigenvalue weighted by molar-refractivity contribution is 5.77. The molecule has 5 heteroatoms. The summed E-state index contributed by atoms with van der Waals surface area (Å²) in [7, 11) is 1.62. The molecule has 2 N–H and O–H groups in total. The van der Waals surface area contributed by atoms with E-state index in [1.54, 1.807) is 7.11 Å². The molecule has 1 rings (SSSR count). The van der Waals surface area contributed by atoms with Gasteiger partial charge < -0.3 is 15.2 Å². The van der Waals surface area contributed by atoms with Crippen LogP contribution in [0.15, 0.2) is 30.3 Å². The Balaban J connectivity index is 2.52. The average Bonchev–Trinajstić information content (AvgIpc) is 2.43. The summed E-state index contributed by atoms with van der Waals surface area (Å²) in [5.41, 5.74) is 0.806. The predicted molar refractivity (Wildman–Crippen MR) is 75.3 cm³/mol. The summed E-state index contributed by atoms with van der Waals surface area (Å²) < 4.78 is 4.92. The van der Waals surface area contributed by atoms with Crippen LogP contribution in [-0.4, -0.2) is 30.7 Å². The summed E-state index contributed by atoms with van der Waals surface area (Å²) in [4.78, 5) is 22.7. The van der Waals surface area contributed by atoms with E-state index >= 15 is 0 Å². The molecular formula is C15H21NO4. The van der Waals surface area contributed by atoms with E-state index in [4.69, 9.17) is 9.84 Å². The first-order valence-corrected chi connectivity index (χ1v) is 6.68. The number of carbonyl (C=O) groups excluding carboxylic acids is 1. The van der Waals surface area contributed by atoms with Crippen molar-refractivity contribution in [1.29, 1.82) is 0 Å². The molecule has 1 atom stereocenters. The summed E-state index contributed by atoms with van der Waals surface area (Å²) >= 11 is 0. The number of carbonyl (C=O) groups is 2. The Kier molecular flexibility index (Phi) is 7.35. The fourth-order valence-corrected chi connectivity index (χ4v) is 1.91. The normalized spacial score (nSPS) is 11.8. The minimum atomic E-state index is -0.932. The Morgan fingerprint density at radius 1 is 1.25 bits per heavy atom. The van der Waals surface area contributed by atoms with Gasteiger partial charge in [0.05, 0.1) is 12.5 Å². The first kappa shape index (κ1) is 16.2. The lowest BCUT2D eigenvalue weighted by Crippen LogP contribution is -2.30. The first-order valence-electron chi connectivity index (χ1n) is 6.68. The number of carboxylic acids is 1. The van der Waals surface area contributed by atoms with Crippen molar-refractivity contribution in [3.63, 3.8) is 0 Å². The third-order valence-corrected chi connectivity index (χ3v) is 2.92. The second-order valence-corrected chi connectivity index (χ2v) is 4.58. The SMILES string of the molecule is COCCCCC(=O)NC(CC(=O)O)c1ccccc1. The number of carboxylic acid groups (broad SMARTS) is 1. The third-order valence-electron chi connectivity index (χ3n) is 2.92. The molecule has 1 aromatic carbocycles. The maximum Gasteiger partial charge on any atom is 0.305 e. The number of benzene rings is 1. The molecule has 0 heterocycles. The second kappa shape index (κ2) is 9.09. The lowest BCUT2D eigenvalue weighted by Gasteiger charge is -2.17. The fraction of sp³-hybridized carbons (Fsp3) is 0.467. The van der Waals surface area contributed by atoms with Crippen molar-refractivity contribution in [2.75, 3.05) is 13.7 Å². The molecule has 1 amide bonds. The van der Waals surface area contributed by atoms with E-state index in [9.17, 15) is 9.59 Å². The Morgan fingerprint density at radius 2 is 1.95 bits per heavy atom. The quantitative estimate of drug-likeness (QED) is 0.679. The Hall–Kier alpha value is -1.88. The molecule has 0 aliphatic heterocycles. The van der Waals surface area contributed by atoms with Gasteiger partial charge in [0.1, 0.15) is 0 Å². The molecule has 0 aliphatic rings. The standard InChI is InChI=1S/C15H21NO4/c1-20-10-6-5-9-14(17)16-13(11-15(18)19)12-7-3-2-4-8-12/h2-4,7-8,13H,5-6,9-11H2,1H3,(H,16,17)(H,18,19). The van der Waals surface area contributed by atoms with Gasteiger partial charge in [-0.15, -0.1) is 0 Å². The second-order valence-electron chi connectivity index (χ2n) is 4.58. The van der Waals surface area contributed by atoms with Crippen LogP contribution in [0, 0.1) is 0 Å². The predicted octanol–water partition coefficient (Wildman–Crippen LogP) is 2.14. The molecule has 20 heavy (non-hydrogen) atoms. The number of hydrogen-bond acceptors (Lipinski definition) is 3. The van der Waals surface area contributed by atoms with E-state index in [1.807, 2.05) is 30.3 Å². The lowest BCUT2D eigenvalue weighted by molar-refractivity contribution is -0.137. The number of ether oxygens (including phenoxy) is 1. The Bertz CT molecular complexity index is 419. The maximum absolute atomic E-state index is 11.8. The summed E-state index contributed by atoms with van der Waals surface area (Å²) in [5, 5.41) is 11.7. The Labute approximate surface area is 118 Å². The summed E-state index contributed by atoms with van der Waals surface area (Å²) in [6.45, 7) is 0.629. The van der Waals surface area contributed by atoms with Gasteiger partial charge >= 0.3 is 5.97 Å². The third kappa shape index (κ3) is 6.33. The molecule has 0 saturated carbocycles. The van der Waals surface area contributed by atoms with Crippen molar-refractivity contribution < 1.29 is 19.4 Å². The largest absolute Gasteiger partial charge is 0.481 e. The van der Waals surface area contributed by atoms with Crippen LogP contribution in [0.2, 0.25) is 0 Å². The van der Waals surface area contributed by atoms with Gasteiger partial charge in [0.25, 0.3) is 0 Å². The number of aliphatic carboxylic acids is 1. The van der Waals surface area contributed by atoms with Gasteiger partial charge in [-0.05, 0) is 18.4 Å². The van der Waals surface area contributed by atoms with E-state index in [-0.39, 0.29) is 12.3 Å². The fourth-order valence-electron chi connectivity index (χ4n) is 1.91. The van der Waals surface area contributed by atoms with Crippen LogP contribution in [0.25, 0.3) is 0 Å². The van der Waals surface area contributed by atoms with Crippen LogP contribution in [-0.2, 0) is 14.3 Å². The number of amides is 1. The number of nitrogens with one attached hydrogen (secondary N) is 1. The zero-order valence-corrected chi connectivity index (χ0v) is 11.7. The van der Waals surface area contributed by atoms with Crippen molar-refractivity contribution in [3.05, 3.63) is 35.9 Å². The van der Waals surface area contributed by atoms with Gasteiger partial charge in [-0.2, -0.15) is 0 Å². The van der Waals surface area contributed by atoms with Crippen LogP contribution in [0.4, 0.5) is 0 Å². The van der Waals surface area contributed by atoms with E-state index < -0.39 is 12.0 Å². The highest BCUT2D eigenvalue weighted by atomic mass is 16.5. The molecular weight excluding hydrogens is 258 g/mol. The van der Waals surface area contributed by atoms with Gasteiger partial charge in [-0.3, -0.25) is 9.59 Å². The molecule has 1 unspecified atom stereocenters. The summed E-state index contributed by atoms with van der Waals surface area (Å²) in [6.07, 6.45) is 1.81. The topological polar surface area (TPSA) is 75.6 Å². The molecule has 110 valence electrons. The van der Waals surface area contributed by atoms with Crippen LogP contribution >= 0.6 is 0 Å². The van der Waals surface area contributed by atoms with Gasteiger partial charge in [0.2, 0.25) is 5.91 Å².